The van der Waals surface area contributed by atoms with Crippen molar-refractivity contribution >= 4 is 17.9 Å². The minimum atomic E-state index is -0.779. The first-order chi connectivity index (χ1) is 33.0. The van der Waals surface area contributed by atoms with E-state index in [4.69, 9.17) is 14.2 Å². The van der Waals surface area contributed by atoms with Crippen LogP contribution in [0.5, 0.6) is 0 Å². The predicted octanol–water partition coefficient (Wildman–Crippen LogP) is 18.5. The number of carbonyl (C=O) groups excluding carboxylic acids is 3. The summed E-state index contributed by atoms with van der Waals surface area (Å²) in [5.41, 5.74) is 0. The maximum Gasteiger partial charge on any atom is 0.306 e. The quantitative estimate of drug-likeness (QED) is 0.0262. The zero-order valence-electron chi connectivity index (χ0n) is 43.6. The van der Waals surface area contributed by atoms with E-state index in [1.807, 2.05) is 0 Å². The number of rotatable bonds is 49. The maximum atomic E-state index is 12.7. The van der Waals surface area contributed by atoms with Crippen molar-refractivity contribution in [2.24, 2.45) is 0 Å². The van der Waals surface area contributed by atoms with E-state index in [0.29, 0.717) is 19.3 Å². The Hall–Kier alpha value is -3.67. The normalized spacial score (nSPS) is 12.8. The highest BCUT2D eigenvalue weighted by Gasteiger charge is 2.19. The minimum absolute atomic E-state index is 0.0819. The highest BCUT2D eigenvalue weighted by atomic mass is 16.6. The van der Waals surface area contributed by atoms with Crippen LogP contribution in [0.3, 0.4) is 0 Å². The Morgan fingerprint density at radius 2 is 0.582 bits per heavy atom. The van der Waals surface area contributed by atoms with Gasteiger partial charge in [-0.05, 0) is 103 Å². The Labute approximate surface area is 413 Å². The molecule has 6 nitrogen and oxygen atoms in total. The second-order valence-corrected chi connectivity index (χ2v) is 18.1. The Kier molecular flexibility index (Phi) is 51.9. The molecule has 0 aliphatic carbocycles. The third kappa shape index (κ3) is 53.2. The molecule has 0 bridgehead atoms. The number of hydrogen-bond acceptors (Lipinski definition) is 6. The van der Waals surface area contributed by atoms with Crippen LogP contribution in [0.1, 0.15) is 252 Å². The summed E-state index contributed by atoms with van der Waals surface area (Å²) in [7, 11) is 0. The summed E-state index contributed by atoms with van der Waals surface area (Å²) >= 11 is 0. The van der Waals surface area contributed by atoms with Gasteiger partial charge >= 0.3 is 17.9 Å². The molecule has 0 heterocycles. The minimum Gasteiger partial charge on any atom is -0.462 e. The van der Waals surface area contributed by atoms with Gasteiger partial charge in [0.1, 0.15) is 13.2 Å². The number of unbranched alkanes of at least 4 members (excludes halogenated alkanes) is 22. The van der Waals surface area contributed by atoms with E-state index >= 15 is 0 Å². The lowest BCUT2D eigenvalue weighted by molar-refractivity contribution is -0.167. The highest BCUT2D eigenvalue weighted by molar-refractivity contribution is 5.71. The molecule has 0 amide bonds. The molecule has 0 spiro atoms. The standard InChI is InChI=1S/C61H102O6/c1-4-7-10-13-16-18-20-22-23-24-25-26-27-28-29-30-31-32-33-34-35-36-37-38-39-40-42-43-45-48-51-54-60(63)66-57-58(56-65-59(62)53-50-47-15-12-9-6-3)67-61(64)55-52-49-46-44-41-21-19-17-14-11-8-5-2/h7,10,16-19,22-23,25-26,28-29,31-32,34-35,58H,4-6,8-9,11-15,20-21,24,27,30,33,36-57H2,1-3H3/b10-7-,18-16-,19-17-,23-22-,26-25-,29-28-,32-31-,35-34-. The van der Waals surface area contributed by atoms with Crippen molar-refractivity contribution in [3.8, 4) is 0 Å². The van der Waals surface area contributed by atoms with Crippen LogP contribution in [0.4, 0.5) is 0 Å². The first-order valence-corrected chi connectivity index (χ1v) is 27.7. The van der Waals surface area contributed by atoms with Gasteiger partial charge in [0.15, 0.2) is 6.10 Å². The molecule has 0 radical (unpaired) electrons. The van der Waals surface area contributed by atoms with Crippen molar-refractivity contribution < 1.29 is 28.6 Å². The molecule has 67 heavy (non-hydrogen) atoms. The molecule has 0 N–H and O–H groups in total. The molecule has 0 saturated heterocycles. The van der Waals surface area contributed by atoms with E-state index < -0.39 is 6.10 Å². The van der Waals surface area contributed by atoms with E-state index in [1.165, 1.54) is 89.9 Å². The molecule has 0 aliphatic heterocycles. The largest absolute Gasteiger partial charge is 0.462 e. The predicted molar refractivity (Wildman–Crippen MR) is 288 cm³/mol. The maximum absolute atomic E-state index is 12.7. The molecule has 0 aromatic heterocycles. The molecule has 6 heteroatoms. The van der Waals surface area contributed by atoms with Crippen molar-refractivity contribution in [2.45, 2.75) is 258 Å². The third-order valence-electron chi connectivity index (χ3n) is 11.6. The summed E-state index contributed by atoms with van der Waals surface area (Å²) in [6.45, 7) is 6.42. The van der Waals surface area contributed by atoms with Gasteiger partial charge in [0, 0.05) is 19.3 Å². The van der Waals surface area contributed by atoms with Crippen molar-refractivity contribution in [2.75, 3.05) is 13.2 Å². The fourth-order valence-corrected chi connectivity index (χ4v) is 7.42. The summed E-state index contributed by atoms with van der Waals surface area (Å²) in [5.74, 6) is -0.909. The Bertz CT molecular complexity index is 1350. The first kappa shape index (κ1) is 63.3. The lowest BCUT2D eigenvalue weighted by Gasteiger charge is -2.18. The molecule has 0 aromatic carbocycles. The summed E-state index contributed by atoms with van der Waals surface area (Å²) in [6.07, 6.45) is 72.9. The Morgan fingerprint density at radius 1 is 0.313 bits per heavy atom. The number of esters is 3. The average molecular weight is 931 g/mol. The smallest absolute Gasteiger partial charge is 0.306 e. The Balaban J connectivity index is 4.08. The second-order valence-electron chi connectivity index (χ2n) is 18.1. The van der Waals surface area contributed by atoms with Gasteiger partial charge in [0.2, 0.25) is 0 Å². The zero-order chi connectivity index (χ0) is 48.6. The number of allylic oxidation sites excluding steroid dienone is 16. The van der Waals surface area contributed by atoms with Gasteiger partial charge < -0.3 is 14.2 Å². The molecule has 0 aliphatic rings. The van der Waals surface area contributed by atoms with Crippen LogP contribution in [-0.2, 0) is 28.6 Å². The van der Waals surface area contributed by atoms with Gasteiger partial charge in [-0.2, -0.15) is 0 Å². The van der Waals surface area contributed by atoms with Crippen LogP contribution < -0.4 is 0 Å². The van der Waals surface area contributed by atoms with Crippen LogP contribution >= 0.6 is 0 Å². The van der Waals surface area contributed by atoms with E-state index in [9.17, 15) is 14.4 Å². The fraction of sp³-hybridized carbons (Fsp3) is 0.689. The number of hydrogen-bond donors (Lipinski definition) is 0. The molecular formula is C61H102O6. The summed E-state index contributed by atoms with van der Waals surface area (Å²) in [6, 6.07) is 0. The highest BCUT2D eigenvalue weighted by Crippen LogP contribution is 2.14. The van der Waals surface area contributed by atoms with Crippen LogP contribution in [0.25, 0.3) is 0 Å². The molecular weight excluding hydrogens is 829 g/mol. The lowest BCUT2D eigenvalue weighted by atomic mass is 10.1. The second kappa shape index (κ2) is 54.9. The van der Waals surface area contributed by atoms with Crippen molar-refractivity contribution in [3.63, 3.8) is 0 Å². The van der Waals surface area contributed by atoms with Gasteiger partial charge in [0.05, 0.1) is 0 Å². The molecule has 382 valence electrons. The first-order valence-electron chi connectivity index (χ1n) is 27.7. The van der Waals surface area contributed by atoms with E-state index in [2.05, 4.69) is 118 Å². The molecule has 1 atom stereocenters. The van der Waals surface area contributed by atoms with E-state index in [-0.39, 0.29) is 31.1 Å². The number of ether oxygens (including phenoxy) is 3. The van der Waals surface area contributed by atoms with Gasteiger partial charge in [-0.1, -0.05) is 227 Å². The third-order valence-corrected chi connectivity index (χ3v) is 11.6. The number of carbonyl (C=O) groups is 3. The molecule has 0 saturated carbocycles. The zero-order valence-corrected chi connectivity index (χ0v) is 43.6. The van der Waals surface area contributed by atoms with Gasteiger partial charge in [-0.15, -0.1) is 0 Å². The molecule has 0 aromatic rings. The van der Waals surface area contributed by atoms with Crippen LogP contribution in [0.15, 0.2) is 97.2 Å². The topological polar surface area (TPSA) is 78.9 Å². The fourth-order valence-electron chi connectivity index (χ4n) is 7.42. The van der Waals surface area contributed by atoms with Crippen LogP contribution in [-0.4, -0.2) is 37.2 Å². The van der Waals surface area contributed by atoms with Crippen molar-refractivity contribution in [1.82, 2.24) is 0 Å². The van der Waals surface area contributed by atoms with E-state index in [0.717, 1.165) is 122 Å². The van der Waals surface area contributed by atoms with E-state index in [1.54, 1.807) is 0 Å². The van der Waals surface area contributed by atoms with Crippen LogP contribution in [0, 0.1) is 0 Å². The van der Waals surface area contributed by atoms with Gasteiger partial charge in [0.25, 0.3) is 0 Å². The average Bonchev–Trinajstić information content (AvgIpc) is 3.33. The monoisotopic (exact) mass is 931 g/mol. The van der Waals surface area contributed by atoms with Crippen LogP contribution in [0.2, 0.25) is 0 Å². The summed E-state index contributed by atoms with van der Waals surface area (Å²) in [5, 5.41) is 0. The van der Waals surface area contributed by atoms with Gasteiger partial charge in [-0.25, -0.2) is 0 Å². The lowest BCUT2D eigenvalue weighted by Crippen LogP contribution is -2.30. The van der Waals surface area contributed by atoms with Crippen molar-refractivity contribution in [1.29, 1.82) is 0 Å². The summed E-state index contributed by atoms with van der Waals surface area (Å²) < 4.78 is 16.7. The molecule has 0 fully saturated rings. The molecule has 0 rings (SSSR count). The van der Waals surface area contributed by atoms with Crippen molar-refractivity contribution in [3.05, 3.63) is 97.2 Å². The Morgan fingerprint density at radius 3 is 0.955 bits per heavy atom. The SMILES string of the molecule is CC/C=C\C/C=C\C/C=C\C/C=C\C/C=C\C/C=C\C/C=C\CCCCCCCCCCCC(=O)OCC(COC(=O)CCCCCCCC)OC(=O)CCCCCCC/C=C\CCCCC. The van der Waals surface area contributed by atoms with Gasteiger partial charge in [-0.3, -0.25) is 14.4 Å². The summed E-state index contributed by atoms with van der Waals surface area (Å²) in [4.78, 5) is 37.7. The molecule has 1 unspecified atom stereocenters.